The number of hydrogen-bond donors (Lipinski definition) is 1. The lowest BCUT2D eigenvalue weighted by molar-refractivity contribution is -0.209. The molecule has 1 heterocycles. The molecular formula is C11H18F3NO3. The van der Waals surface area contributed by atoms with E-state index in [1.54, 1.807) is 6.92 Å². The van der Waals surface area contributed by atoms with Crippen LogP contribution >= 0.6 is 0 Å². The number of alkyl halides is 3. The number of likely N-dealkylation sites (tertiary alicyclic amines) is 1. The van der Waals surface area contributed by atoms with Gasteiger partial charge in [0.25, 0.3) is 0 Å². The molecule has 1 saturated heterocycles. The van der Waals surface area contributed by atoms with Crippen LogP contribution in [0.1, 0.15) is 19.8 Å². The molecule has 18 heavy (non-hydrogen) atoms. The van der Waals surface area contributed by atoms with Crippen molar-refractivity contribution in [1.29, 1.82) is 0 Å². The van der Waals surface area contributed by atoms with Crippen LogP contribution in [0.4, 0.5) is 13.2 Å². The second kappa shape index (κ2) is 6.38. The third-order valence-electron chi connectivity index (χ3n) is 2.93. The summed E-state index contributed by atoms with van der Waals surface area (Å²) in [6.07, 6.45) is -5.72. The summed E-state index contributed by atoms with van der Waals surface area (Å²) in [6.45, 7) is 2.14. The SMILES string of the molecule is CCOC(=O)[C@H]1CCCN(CC(O)C(F)(F)F)C1. The summed E-state index contributed by atoms with van der Waals surface area (Å²) < 4.78 is 41.5. The fourth-order valence-electron chi connectivity index (χ4n) is 2.02. The summed E-state index contributed by atoms with van der Waals surface area (Å²) >= 11 is 0. The van der Waals surface area contributed by atoms with Crippen LogP contribution in [0.15, 0.2) is 0 Å². The second-order valence-corrected chi connectivity index (χ2v) is 4.41. The van der Waals surface area contributed by atoms with Gasteiger partial charge in [-0.15, -0.1) is 0 Å². The molecule has 0 radical (unpaired) electrons. The maximum absolute atomic E-state index is 12.2. The summed E-state index contributed by atoms with van der Waals surface area (Å²) in [5.74, 6) is -0.761. The molecule has 1 aliphatic rings. The normalized spacial score (nSPS) is 23.7. The first kappa shape index (κ1) is 15.2. The molecule has 1 aliphatic heterocycles. The Morgan fingerprint density at radius 2 is 2.22 bits per heavy atom. The molecule has 0 saturated carbocycles. The highest BCUT2D eigenvalue weighted by molar-refractivity contribution is 5.72. The minimum atomic E-state index is -4.61. The number of nitrogens with zero attached hydrogens (tertiary/aromatic N) is 1. The van der Waals surface area contributed by atoms with E-state index in [0.717, 1.165) is 0 Å². The van der Waals surface area contributed by atoms with Gasteiger partial charge in [-0.3, -0.25) is 9.69 Å². The van der Waals surface area contributed by atoms with Gasteiger partial charge in [0.2, 0.25) is 0 Å². The van der Waals surface area contributed by atoms with E-state index in [1.165, 1.54) is 4.90 Å². The number of halogens is 3. The van der Waals surface area contributed by atoms with Crippen molar-refractivity contribution in [3.63, 3.8) is 0 Å². The van der Waals surface area contributed by atoms with Crippen LogP contribution in [0.25, 0.3) is 0 Å². The molecule has 7 heteroatoms. The van der Waals surface area contributed by atoms with Crippen molar-refractivity contribution in [2.24, 2.45) is 5.92 Å². The molecule has 0 aromatic carbocycles. The quantitative estimate of drug-likeness (QED) is 0.779. The third kappa shape index (κ3) is 4.45. The summed E-state index contributed by atoms with van der Waals surface area (Å²) in [5.41, 5.74) is 0. The van der Waals surface area contributed by atoms with E-state index in [9.17, 15) is 18.0 Å². The Labute approximate surface area is 104 Å². The largest absolute Gasteiger partial charge is 0.466 e. The first-order valence-corrected chi connectivity index (χ1v) is 5.98. The average molecular weight is 269 g/mol. The molecule has 1 fully saturated rings. The van der Waals surface area contributed by atoms with Gasteiger partial charge in [-0.05, 0) is 26.3 Å². The molecule has 1 N–H and O–H groups in total. The van der Waals surface area contributed by atoms with Crippen LogP contribution in [0, 0.1) is 5.92 Å². The van der Waals surface area contributed by atoms with Crippen molar-refractivity contribution in [2.45, 2.75) is 32.0 Å². The smallest absolute Gasteiger partial charge is 0.415 e. The number of piperidine rings is 1. The van der Waals surface area contributed by atoms with Crippen LogP contribution < -0.4 is 0 Å². The number of hydrogen-bond acceptors (Lipinski definition) is 4. The Hall–Kier alpha value is -0.820. The minimum absolute atomic E-state index is 0.214. The number of aliphatic hydroxyl groups is 1. The van der Waals surface area contributed by atoms with Crippen molar-refractivity contribution in [3.8, 4) is 0 Å². The fraction of sp³-hybridized carbons (Fsp3) is 0.909. The number of esters is 1. The number of β-amino-alcohol motifs (C(OH)–C–C–N with tert-alkyl or cyclic N) is 1. The van der Waals surface area contributed by atoms with Gasteiger partial charge < -0.3 is 9.84 Å². The fourth-order valence-corrected chi connectivity index (χ4v) is 2.02. The monoisotopic (exact) mass is 269 g/mol. The lowest BCUT2D eigenvalue weighted by atomic mass is 9.98. The van der Waals surface area contributed by atoms with Gasteiger partial charge in [-0.1, -0.05) is 0 Å². The van der Waals surface area contributed by atoms with E-state index in [1.807, 2.05) is 0 Å². The molecule has 0 aliphatic carbocycles. The van der Waals surface area contributed by atoms with E-state index in [-0.39, 0.29) is 25.0 Å². The van der Waals surface area contributed by atoms with Crippen LogP contribution in [0.2, 0.25) is 0 Å². The van der Waals surface area contributed by atoms with Crippen molar-refractivity contribution in [1.82, 2.24) is 4.90 Å². The summed E-state index contributed by atoms with van der Waals surface area (Å²) in [4.78, 5) is 13.0. The lowest BCUT2D eigenvalue weighted by Gasteiger charge is -2.33. The van der Waals surface area contributed by atoms with Crippen LogP contribution in [0.5, 0.6) is 0 Å². The maximum Gasteiger partial charge on any atom is 0.415 e. The predicted octanol–water partition coefficient (Wildman–Crippen LogP) is 1.18. The minimum Gasteiger partial charge on any atom is -0.466 e. The van der Waals surface area contributed by atoms with Gasteiger partial charge in [-0.2, -0.15) is 13.2 Å². The Balaban J connectivity index is 2.46. The zero-order valence-corrected chi connectivity index (χ0v) is 10.2. The molecule has 2 atom stereocenters. The molecule has 0 spiro atoms. The highest BCUT2D eigenvalue weighted by atomic mass is 19.4. The number of carbonyl (C=O) groups excluding carboxylic acids is 1. The van der Waals surface area contributed by atoms with Gasteiger partial charge in [0.1, 0.15) is 0 Å². The lowest BCUT2D eigenvalue weighted by Crippen LogP contribution is -2.46. The van der Waals surface area contributed by atoms with E-state index in [0.29, 0.717) is 19.4 Å². The van der Waals surface area contributed by atoms with Crippen LogP contribution in [-0.2, 0) is 9.53 Å². The number of rotatable bonds is 4. The van der Waals surface area contributed by atoms with Crippen molar-refractivity contribution >= 4 is 5.97 Å². The molecule has 4 nitrogen and oxygen atoms in total. The number of carbonyl (C=O) groups is 1. The van der Waals surface area contributed by atoms with E-state index in [2.05, 4.69) is 0 Å². The van der Waals surface area contributed by atoms with Gasteiger partial charge in [-0.25, -0.2) is 0 Å². The van der Waals surface area contributed by atoms with Gasteiger partial charge >= 0.3 is 12.1 Å². The Morgan fingerprint density at radius 1 is 1.56 bits per heavy atom. The molecule has 106 valence electrons. The van der Waals surface area contributed by atoms with Gasteiger partial charge in [0.05, 0.1) is 12.5 Å². The third-order valence-corrected chi connectivity index (χ3v) is 2.93. The first-order chi connectivity index (χ1) is 8.34. The van der Waals surface area contributed by atoms with E-state index >= 15 is 0 Å². The van der Waals surface area contributed by atoms with Crippen molar-refractivity contribution in [3.05, 3.63) is 0 Å². The summed E-state index contributed by atoms with van der Waals surface area (Å²) in [6, 6.07) is 0. The average Bonchev–Trinajstić information content (AvgIpc) is 2.28. The molecular weight excluding hydrogens is 251 g/mol. The summed E-state index contributed by atoms with van der Waals surface area (Å²) in [5, 5.41) is 8.98. The predicted molar refractivity (Wildman–Crippen MR) is 57.9 cm³/mol. The molecule has 0 amide bonds. The van der Waals surface area contributed by atoms with Gasteiger partial charge in [0, 0.05) is 13.1 Å². The molecule has 0 bridgehead atoms. The van der Waals surface area contributed by atoms with Crippen LogP contribution in [-0.4, -0.2) is 54.5 Å². The standard InChI is InChI=1S/C11H18F3NO3/c1-2-18-10(17)8-4-3-5-15(6-8)7-9(16)11(12,13)14/h8-9,16H,2-7H2,1H3/t8-,9?/m0/s1. The van der Waals surface area contributed by atoms with Gasteiger partial charge in [0.15, 0.2) is 6.10 Å². The molecule has 0 aromatic heterocycles. The summed E-state index contributed by atoms with van der Waals surface area (Å²) in [7, 11) is 0. The zero-order chi connectivity index (χ0) is 13.8. The Morgan fingerprint density at radius 3 is 2.78 bits per heavy atom. The van der Waals surface area contributed by atoms with Crippen LogP contribution in [0.3, 0.4) is 0 Å². The zero-order valence-electron chi connectivity index (χ0n) is 10.2. The van der Waals surface area contributed by atoms with E-state index in [4.69, 9.17) is 9.84 Å². The van der Waals surface area contributed by atoms with Crippen molar-refractivity contribution < 1.29 is 27.8 Å². The highest BCUT2D eigenvalue weighted by Crippen LogP contribution is 2.23. The molecule has 0 aromatic rings. The van der Waals surface area contributed by atoms with E-state index < -0.39 is 18.8 Å². The topological polar surface area (TPSA) is 49.8 Å². The maximum atomic E-state index is 12.2. The number of ether oxygens (including phenoxy) is 1. The Kier molecular flexibility index (Phi) is 5.40. The highest BCUT2D eigenvalue weighted by Gasteiger charge is 2.40. The molecule has 1 unspecified atom stereocenters. The Bertz CT molecular complexity index is 283. The van der Waals surface area contributed by atoms with Crippen molar-refractivity contribution in [2.75, 3.05) is 26.2 Å². The molecule has 1 rings (SSSR count). The second-order valence-electron chi connectivity index (χ2n) is 4.41. The number of aliphatic hydroxyl groups excluding tert-OH is 1. The first-order valence-electron chi connectivity index (χ1n) is 5.98.